The van der Waals surface area contributed by atoms with E-state index in [2.05, 4.69) is 28.8 Å². The molecule has 0 aromatic heterocycles. The number of anilines is 1. The van der Waals surface area contributed by atoms with Crippen LogP contribution in [-0.4, -0.2) is 32.7 Å². The first-order valence-electron chi connectivity index (χ1n) is 7.96. The number of rotatable bonds is 6. The fraction of sp³-hybridized carbons (Fsp3) is 0.263. The van der Waals surface area contributed by atoms with E-state index >= 15 is 0 Å². The molecule has 2 aromatic carbocycles. The molecular weight excluding hydrogens is 350 g/mol. The average Bonchev–Trinajstić information content (AvgIpc) is 2.64. The van der Waals surface area contributed by atoms with Gasteiger partial charge in [0.1, 0.15) is 5.75 Å². The Hall–Kier alpha value is -2.80. The number of benzene rings is 2. The number of methoxy groups -OCH3 is 3. The van der Waals surface area contributed by atoms with Crippen LogP contribution in [-0.2, 0) is 0 Å². The van der Waals surface area contributed by atoms with Crippen molar-refractivity contribution >= 4 is 29.2 Å². The van der Waals surface area contributed by atoms with Crippen molar-refractivity contribution < 1.29 is 14.2 Å². The number of nitrogens with zero attached hydrogens (tertiary/aromatic N) is 1. The van der Waals surface area contributed by atoms with E-state index in [-0.39, 0.29) is 0 Å². The number of hydrogen-bond acceptors (Lipinski definition) is 5. The highest BCUT2D eigenvalue weighted by atomic mass is 32.1. The Morgan fingerprint density at radius 1 is 1.00 bits per heavy atom. The van der Waals surface area contributed by atoms with Gasteiger partial charge in [-0.05, 0) is 49.3 Å². The van der Waals surface area contributed by atoms with Gasteiger partial charge in [0.15, 0.2) is 16.6 Å². The van der Waals surface area contributed by atoms with Crippen molar-refractivity contribution in [2.45, 2.75) is 13.8 Å². The molecule has 0 spiro atoms. The van der Waals surface area contributed by atoms with Crippen LogP contribution in [0.5, 0.6) is 17.2 Å². The van der Waals surface area contributed by atoms with E-state index < -0.39 is 0 Å². The summed E-state index contributed by atoms with van der Waals surface area (Å²) in [4.78, 5) is 0. The van der Waals surface area contributed by atoms with Gasteiger partial charge in [-0.2, -0.15) is 5.10 Å². The molecule has 26 heavy (non-hydrogen) atoms. The molecule has 138 valence electrons. The second-order valence-corrected chi connectivity index (χ2v) is 5.93. The molecule has 0 bridgehead atoms. The summed E-state index contributed by atoms with van der Waals surface area (Å²) >= 11 is 5.29. The number of aryl methyl sites for hydroxylation is 1. The van der Waals surface area contributed by atoms with Crippen LogP contribution in [0, 0.1) is 13.8 Å². The molecule has 0 aliphatic rings. The number of nitrogens with one attached hydrogen (secondary N) is 2. The molecule has 0 atom stereocenters. The number of thiocarbonyl (C=S) groups is 1. The zero-order valence-electron chi connectivity index (χ0n) is 15.5. The predicted octanol–water partition coefficient (Wildman–Crippen LogP) is 3.65. The lowest BCUT2D eigenvalue weighted by Gasteiger charge is -2.12. The van der Waals surface area contributed by atoms with Crippen LogP contribution >= 0.6 is 12.2 Å². The van der Waals surface area contributed by atoms with Crippen molar-refractivity contribution in [1.82, 2.24) is 5.43 Å². The van der Waals surface area contributed by atoms with E-state index in [0.29, 0.717) is 22.4 Å². The zero-order chi connectivity index (χ0) is 19.1. The van der Waals surface area contributed by atoms with Gasteiger partial charge in [0.2, 0.25) is 0 Å². The summed E-state index contributed by atoms with van der Waals surface area (Å²) in [5, 5.41) is 7.71. The monoisotopic (exact) mass is 373 g/mol. The summed E-state index contributed by atoms with van der Waals surface area (Å²) in [7, 11) is 4.73. The molecule has 7 heteroatoms. The van der Waals surface area contributed by atoms with Gasteiger partial charge in [0, 0.05) is 17.3 Å². The Morgan fingerprint density at radius 3 is 2.31 bits per heavy atom. The first kappa shape index (κ1) is 19.5. The Morgan fingerprint density at radius 2 is 1.65 bits per heavy atom. The number of hydrogen-bond donors (Lipinski definition) is 2. The van der Waals surface area contributed by atoms with Crippen molar-refractivity contribution in [2.24, 2.45) is 5.10 Å². The van der Waals surface area contributed by atoms with Gasteiger partial charge >= 0.3 is 0 Å². The lowest BCUT2D eigenvalue weighted by molar-refractivity contribution is 0.349. The van der Waals surface area contributed by atoms with Crippen LogP contribution in [0.2, 0.25) is 0 Å². The Bertz CT molecular complexity index is 822. The predicted molar refractivity (Wildman–Crippen MR) is 109 cm³/mol. The van der Waals surface area contributed by atoms with Crippen LogP contribution in [0.3, 0.4) is 0 Å². The van der Waals surface area contributed by atoms with E-state index in [0.717, 1.165) is 16.8 Å². The molecule has 0 saturated heterocycles. The maximum Gasteiger partial charge on any atom is 0.191 e. The highest BCUT2D eigenvalue weighted by Gasteiger charge is 2.10. The summed E-state index contributed by atoms with van der Waals surface area (Å²) < 4.78 is 15.9. The van der Waals surface area contributed by atoms with Crippen molar-refractivity contribution in [1.29, 1.82) is 0 Å². The van der Waals surface area contributed by atoms with Gasteiger partial charge < -0.3 is 19.5 Å². The summed E-state index contributed by atoms with van der Waals surface area (Å²) in [5.74, 6) is 1.79. The van der Waals surface area contributed by atoms with Crippen molar-refractivity contribution in [2.75, 3.05) is 26.6 Å². The molecule has 6 nitrogen and oxygen atoms in total. The van der Waals surface area contributed by atoms with Crippen LogP contribution in [0.25, 0.3) is 0 Å². The molecule has 0 radical (unpaired) electrons. The summed E-state index contributed by atoms with van der Waals surface area (Å²) in [5.41, 5.74) is 6.81. The summed E-state index contributed by atoms with van der Waals surface area (Å²) in [6.07, 6.45) is 1.61. The lowest BCUT2D eigenvalue weighted by atomic mass is 10.1. The van der Waals surface area contributed by atoms with E-state index in [1.165, 1.54) is 5.56 Å². The molecule has 0 aliphatic heterocycles. The smallest absolute Gasteiger partial charge is 0.191 e. The quantitative estimate of drug-likeness (QED) is 0.458. The fourth-order valence-electron chi connectivity index (χ4n) is 2.35. The summed E-state index contributed by atoms with van der Waals surface area (Å²) in [6.45, 7) is 4.09. The molecule has 0 fully saturated rings. The van der Waals surface area contributed by atoms with Crippen molar-refractivity contribution in [3.8, 4) is 17.2 Å². The van der Waals surface area contributed by atoms with Gasteiger partial charge in [-0.15, -0.1) is 0 Å². The molecule has 0 unspecified atom stereocenters. The fourth-order valence-corrected chi connectivity index (χ4v) is 2.51. The largest absolute Gasteiger partial charge is 0.496 e. The molecule has 2 N–H and O–H groups in total. The Labute approximate surface area is 159 Å². The molecule has 0 heterocycles. The second kappa shape index (κ2) is 9.05. The first-order chi connectivity index (χ1) is 12.5. The number of ether oxygens (including phenoxy) is 3. The third-order valence-electron chi connectivity index (χ3n) is 3.96. The van der Waals surface area contributed by atoms with Crippen LogP contribution < -0.4 is 25.0 Å². The number of hydrazone groups is 1. The van der Waals surface area contributed by atoms with Crippen molar-refractivity contribution in [3.05, 3.63) is 47.0 Å². The van der Waals surface area contributed by atoms with E-state index in [4.69, 9.17) is 26.4 Å². The Balaban J connectivity index is 2.10. The minimum Gasteiger partial charge on any atom is -0.496 e. The van der Waals surface area contributed by atoms with Crippen LogP contribution in [0.1, 0.15) is 16.7 Å². The molecule has 2 aromatic rings. The highest BCUT2D eigenvalue weighted by molar-refractivity contribution is 7.80. The van der Waals surface area contributed by atoms with E-state index in [9.17, 15) is 0 Å². The standard InChI is InChI=1S/C19H23N3O3S/c1-12-7-6-8-15(13(12)2)21-19(26)22-20-11-14-9-17(24-4)18(25-5)10-16(14)23-3/h6-11H,1-5H3,(H2,21,22,26). The normalized spacial score (nSPS) is 10.5. The molecule has 0 amide bonds. The molecule has 0 aliphatic carbocycles. The third-order valence-corrected chi connectivity index (χ3v) is 4.15. The Kier molecular flexibility index (Phi) is 6.80. The minimum atomic E-state index is 0.398. The van der Waals surface area contributed by atoms with Gasteiger partial charge in [-0.1, -0.05) is 12.1 Å². The SMILES string of the molecule is COc1cc(OC)c(OC)cc1C=NNC(=S)Nc1cccc(C)c1C. The first-order valence-corrected chi connectivity index (χ1v) is 8.37. The minimum absolute atomic E-state index is 0.398. The lowest BCUT2D eigenvalue weighted by Crippen LogP contribution is -2.24. The van der Waals surface area contributed by atoms with Crippen LogP contribution in [0.4, 0.5) is 5.69 Å². The molecular formula is C19H23N3O3S. The third kappa shape index (κ3) is 4.64. The van der Waals surface area contributed by atoms with E-state index in [1.807, 2.05) is 19.1 Å². The zero-order valence-corrected chi connectivity index (χ0v) is 16.4. The highest BCUT2D eigenvalue weighted by Crippen LogP contribution is 2.33. The van der Waals surface area contributed by atoms with Gasteiger partial charge in [0.25, 0.3) is 0 Å². The topological polar surface area (TPSA) is 64.1 Å². The van der Waals surface area contributed by atoms with Crippen LogP contribution in [0.15, 0.2) is 35.4 Å². The van der Waals surface area contributed by atoms with Gasteiger partial charge in [0.05, 0.1) is 27.5 Å². The molecule has 2 rings (SSSR count). The summed E-state index contributed by atoms with van der Waals surface area (Å²) in [6, 6.07) is 9.53. The van der Waals surface area contributed by atoms with E-state index in [1.54, 1.807) is 39.7 Å². The molecule has 0 saturated carbocycles. The maximum absolute atomic E-state index is 5.37. The second-order valence-electron chi connectivity index (χ2n) is 5.52. The maximum atomic E-state index is 5.37. The average molecular weight is 373 g/mol. The van der Waals surface area contributed by atoms with Gasteiger partial charge in [-0.25, -0.2) is 0 Å². The van der Waals surface area contributed by atoms with Gasteiger partial charge in [-0.3, -0.25) is 5.43 Å². The van der Waals surface area contributed by atoms with Crippen molar-refractivity contribution in [3.63, 3.8) is 0 Å².